The Morgan fingerprint density at radius 3 is 2.70 bits per heavy atom. The number of H-pyrrole nitrogens is 1. The highest BCUT2D eigenvalue weighted by Crippen LogP contribution is 2.31. The van der Waals surface area contributed by atoms with E-state index >= 15 is 0 Å². The molecular formula is C23H25N3O4. The minimum absolute atomic E-state index is 0.148. The molecule has 3 aromatic rings. The Morgan fingerprint density at radius 2 is 1.90 bits per heavy atom. The highest BCUT2D eigenvalue weighted by molar-refractivity contribution is 5.89. The number of ether oxygens (including phenoxy) is 2. The second kappa shape index (κ2) is 8.49. The number of carbonyl (C=O) groups is 2. The van der Waals surface area contributed by atoms with Crippen LogP contribution >= 0.6 is 0 Å². The van der Waals surface area contributed by atoms with Crippen LogP contribution in [0.15, 0.2) is 48.7 Å². The number of amides is 2. The smallest absolute Gasteiger partial charge is 0.245 e. The first-order chi connectivity index (χ1) is 14.5. The molecule has 0 aliphatic carbocycles. The molecule has 0 spiro atoms. The predicted molar refractivity (Wildman–Crippen MR) is 114 cm³/mol. The molecule has 2 aromatic carbocycles. The van der Waals surface area contributed by atoms with Crippen LogP contribution in [0.1, 0.15) is 18.1 Å². The summed E-state index contributed by atoms with van der Waals surface area (Å²) in [7, 11) is 1.74. The maximum atomic E-state index is 13.2. The van der Waals surface area contributed by atoms with E-state index in [1.807, 2.05) is 48.7 Å². The van der Waals surface area contributed by atoms with Crippen molar-refractivity contribution in [2.24, 2.45) is 0 Å². The summed E-state index contributed by atoms with van der Waals surface area (Å²) in [5, 5.41) is 3.86. The summed E-state index contributed by atoms with van der Waals surface area (Å²) < 4.78 is 11.2. The normalized spacial score (nSPS) is 13.7. The van der Waals surface area contributed by atoms with E-state index in [1.54, 1.807) is 11.9 Å². The van der Waals surface area contributed by atoms with Crippen molar-refractivity contribution < 1.29 is 19.1 Å². The Balaban J connectivity index is 1.50. The Labute approximate surface area is 175 Å². The predicted octanol–water partition coefficient (Wildman–Crippen LogP) is 2.64. The lowest BCUT2D eigenvalue weighted by Crippen LogP contribution is -2.47. The summed E-state index contributed by atoms with van der Waals surface area (Å²) in [5.74, 6) is 1.03. The van der Waals surface area contributed by atoms with Crippen molar-refractivity contribution in [1.29, 1.82) is 0 Å². The number of aromatic amines is 1. The van der Waals surface area contributed by atoms with E-state index < -0.39 is 6.04 Å². The lowest BCUT2D eigenvalue weighted by molar-refractivity contribution is -0.135. The Bertz CT molecular complexity index is 1080. The molecule has 30 heavy (non-hydrogen) atoms. The summed E-state index contributed by atoms with van der Waals surface area (Å²) in [6.45, 7) is 2.88. The number of aromatic nitrogens is 1. The molecule has 0 bridgehead atoms. The van der Waals surface area contributed by atoms with E-state index in [2.05, 4.69) is 10.3 Å². The van der Waals surface area contributed by atoms with Crippen LogP contribution in [-0.4, -0.2) is 48.0 Å². The lowest BCUT2D eigenvalue weighted by Gasteiger charge is -2.25. The van der Waals surface area contributed by atoms with Crippen molar-refractivity contribution in [3.8, 4) is 11.5 Å². The number of nitrogens with zero attached hydrogens (tertiary/aromatic N) is 1. The van der Waals surface area contributed by atoms with Gasteiger partial charge in [0.05, 0.1) is 0 Å². The molecule has 0 saturated carbocycles. The van der Waals surface area contributed by atoms with Gasteiger partial charge in [0.25, 0.3) is 0 Å². The van der Waals surface area contributed by atoms with Crippen molar-refractivity contribution in [2.45, 2.75) is 25.9 Å². The first kappa shape index (κ1) is 19.8. The fraction of sp³-hybridized carbons (Fsp3) is 0.304. The number of benzene rings is 2. The molecule has 2 heterocycles. The number of nitrogens with one attached hydrogen (secondary N) is 2. The third-order valence-corrected chi connectivity index (χ3v) is 5.18. The van der Waals surface area contributed by atoms with Crippen LogP contribution in [0.2, 0.25) is 0 Å². The summed E-state index contributed by atoms with van der Waals surface area (Å²) in [4.78, 5) is 29.8. The van der Waals surface area contributed by atoms with Crippen LogP contribution in [0.5, 0.6) is 11.5 Å². The van der Waals surface area contributed by atoms with E-state index in [0.717, 1.165) is 27.8 Å². The van der Waals surface area contributed by atoms with Gasteiger partial charge in [0.15, 0.2) is 11.5 Å². The van der Waals surface area contributed by atoms with Crippen molar-refractivity contribution in [2.75, 3.05) is 20.3 Å². The Morgan fingerprint density at radius 1 is 1.13 bits per heavy atom. The molecule has 2 amide bonds. The van der Waals surface area contributed by atoms with E-state index in [-0.39, 0.29) is 11.8 Å². The van der Waals surface area contributed by atoms with Gasteiger partial charge in [-0.15, -0.1) is 0 Å². The van der Waals surface area contributed by atoms with Crippen LogP contribution in [0.3, 0.4) is 0 Å². The first-order valence-electron chi connectivity index (χ1n) is 9.97. The summed E-state index contributed by atoms with van der Waals surface area (Å²) in [6.07, 6.45) is 2.31. The quantitative estimate of drug-likeness (QED) is 0.658. The van der Waals surface area contributed by atoms with Crippen molar-refractivity contribution in [1.82, 2.24) is 15.2 Å². The van der Waals surface area contributed by atoms with Gasteiger partial charge in [-0.1, -0.05) is 24.3 Å². The molecular weight excluding hydrogens is 382 g/mol. The molecule has 1 aliphatic rings. The average Bonchev–Trinajstić information content (AvgIpc) is 3.15. The Kier molecular flexibility index (Phi) is 5.61. The number of para-hydroxylation sites is 1. The fourth-order valence-corrected chi connectivity index (χ4v) is 3.77. The van der Waals surface area contributed by atoms with Gasteiger partial charge in [0.2, 0.25) is 11.8 Å². The van der Waals surface area contributed by atoms with E-state index in [4.69, 9.17) is 9.47 Å². The summed E-state index contributed by atoms with van der Waals surface area (Å²) in [5.41, 5.74) is 2.93. The molecule has 1 atom stereocenters. The van der Waals surface area contributed by atoms with E-state index in [0.29, 0.717) is 31.9 Å². The number of carbonyl (C=O) groups excluding carboxylic acids is 2. The molecule has 1 unspecified atom stereocenters. The molecule has 1 aliphatic heterocycles. The third kappa shape index (κ3) is 4.25. The fourth-order valence-electron chi connectivity index (χ4n) is 3.77. The van der Waals surface area contributed by atoms with Crippen LogP contribution in [-0.2, 0) is 22.6 Å². The van der Waals surface area contributed by atoms with Gasteiger partial charge in [0.1, 0.15) is 19.3 Å². The minimum Gasteiger partial charge on any atom is -0.486 e. The van der Waals surface area contributed by atoms with E-state index in [1.165, 1.54) is 6.92 Å². The molecule has 0 saturated heterocycles. The number of hydrogen-bond acceptors (Lipinski definition) is 4. The molecule has 0 fully saturated rings. The van der Waals surface area contributed by atoms with Gasteiger partial charge in [-0.3, -0.25) is 9.59 Å². The van der Waals surface area contributed by atoms with Gasteiger partial charge < -0.3 is 24.7 Å². The van der Waals surface area contributed by atoms with Gasteiger partial charge >= 0.3 is 0 Å². The SMILES string of the molecule is CC(=O)NC(Cc1c[nH]c2ccccc12)C(=O)N(C)Cc1ccc2c(c1)OCCO2. The number of likely N-dealkylation sites (N-methyl/N-ethyl adjacent to an activating group) is 1. The van der Waals surface area contributed by atoms with E-state index in [9.17, 15) is 9.59 Å². The standard InChI is InChI=1S/C23H25N3O4/c1-15(27)25-20(12-17-13-24-19-6-4-3-5-18(17)19)23(28)26(2)14-16-7-8-21-22(11-16)30-10-9-29-21/h3-8,11,13,20,24H,9-10,12,14H2,1-2H3,(H,25,27). The third-order valence-electron chi connectivity index (χ3n) is 5.18. The molecule has 7 heteroatoms. The highest BCUT2D eigenvalue weighted by Gasteiger charge is 2.25. The number of fused-ring (bicyclic) bond motifs is 2. The molecule has 4 rings (SSSR count). The van der Waals surface area contributed by atoms with Gasteiger partial charge in [-0.2, -0.15) is 0 Å². The van der Waals surface area contributed by atoms with Gasteiger partial charge in [-0.05, 0) is 29.3 Å². The van der Waals surface area contributed by atoms with Gasteiger partial charge in [0, 0.05) is 44.0 Å². The zero-order valence-electron chi connectivity index (χ0n) is 17.1. The second-order valence-corrected chi connectivity index (χ2v) is 7.49. The maximum Gasteiger partial charge on any atom is 0.245 e. The number of hydrogen-bond donors (Lipinski definition) is 2. The zero-order valence-corrected chi connectivity index (χ0v) is 17.1. The maximum absolute atomic E-state index is 13.2. The van der Waals surface area contributed by atoms with Crippen molar-refractivity contribution in [3.05, 3.63) is 59.8 Å². The molecule has 0 radical (unpaired) electrons. The van der Waals surface area contributed by atoms with Crippen LogP contribution in [0.4, 0.5) is 0 Å². The minimum atomic E-state index is -0.649. The average molecular weight is 407 g/mol. The van der Waals surface area contributed by atoms with Crippen molar-refractivity contribution in [3.63, 3.8) is 0 Å². The molecule has 1 aromatic heterocycles. The monoisotopic (exact) mass is 407 g/mol. The van der Waals surface area contributed by atoms with Crippen LogP contribution in [0.25, 0.3) is 10.9 Å². The van der Waals surface area contributed by atoms with Crippen LogP contribution in [0, 0.1) is 0 Å². The topological polar surface area (TPSA) is 83.7 Å². The lowest BCUT2D eigenvalue weighted by atomic mass is 10.0. The molecule has 2 N–H and O–H groups in total. The highest BCUT2D eigenvalue weighted by atomic mass is 16.6. The molecule has 7 nitrogen and oxygen atoms in total. The molecule has 156 valence electrons. The second-order valence-electron chi connectivity index (χ2n) is 7.49. The Hall–Kier alpha value is -3.48. The number of rotatable bonds is 6. The summed E-state index contributed by atoms with van der Waals surface area (Å²) >= 11 is 0. The zero-order chi connectivity index (χ0) is 21.1. The van der Waals surface area contributed by atoms with Gasteiger partial charge in [-0.25, -0.2) is 0 Å². The summed E-state index contributed by atoms with van der Waals surface area (Å²) in [6, 6.07) is 12.9. The largest absolute Gasteiger partial charge is 0.486 e. The van der Waals surface area contributed by atoms with Crippen molar-refractivity contribution >= 4 is 22.7 Å². The van der Waals surface area contributed by atoms with Crippen LogP contribution < -0.4 is 14.8 Å². The first-order valence-corrected chi connectivity index (χ1v) is 9.97.